The largest absolute Gasteiger partial charge is 0.478 e. The summed E-state index contributed by atoms with van der Waals surface area (Å²) in [5.41, 5.74) is 0.863. The first kappa shape index (κ1) is 24.4. The third kappa shape index (κ3) is 7.70. The molecule has 7 heteroatoms. The summed E-state index contributed by atoms with van der Waals surface area (Å²) >= 11 is 0. The smallest absolute Gasteiger partial charge is 0.344 e. The van der Waals surface area contributed by atoms with E-state index in [0.29, 0.717) is 47.6 Å². The fourth-order valence-corrected chi connectivity index (χ4v) is 3.46. The summed E-state index contributed by atoms with van der Waals surface area (Å²) in [6.07, 6.45) is 9.43. The molecule has 2 aromatic heterocycles. The van der Waals surface area contributed by atoms with Crippen molar-refractivity contribution in [3.63, 3.8) is 0 Å². The Bertz CT molecular complexity index is 1090. The molecule has 0 atom stereocenters. The predicted molar refractivity (Wildman–Crippen MR) is 125 cm³/mol. The molecule has 176 valence electrons. The molecule has 6 nitrogen and oxygen atoms in total. The van der Waals surface area contributed by atoms with Gasteiger partial charge in [-0.2, -0.15) is 0 Å². The van der Waals surface area contributed by atoms with E-state index in [2.05, 4.69) is 4.98 Å². The summed E-state index contributed by atoms with van der Waals surface area (Å²) in [7, 11) is 0. The molecule has 0 aliphatic rings. The van der Waals surface area contributed by atoms with E-state index in [1.807, 2.05) is 0 Å². The van der Waals surface area contributed by atoms with E-state index >= 15 is 0 Å². The van der Waals surface area contributed by atoms with Gasteiger partial charge >= 0.3 is 11.6 Å². The molecule has 0 amide bonds. The molecule has 0 saturated carbocycles. The fourth-order valence-electron chi connectivity index (χ4n) is 3.46. The second-order valence-electron chi connectivity index (χ2n) is 7.91. The lowest BCUT2D eigenvalue weighted by Crippen LogP contribution is -2.04. The molecule has 2 heterocycles. The number of unbranched alkanes of at least 4 members (excludes halogenated alkanes) is 6. The number of carbonyl (C=O) groups excluding carboxylic acids is 1. The van der Waals surface area contributed by atoms with Crippen LogP contribution in [-0.4, -0.2) is 24.2 Å². The molecule has 3 aromatic rings. The quantitative estimate of drug-likeness (QED) is 0.230. The molecule has 0 aliphatic heterocycles. The van der Waals surface area contributed by atoms with E-state index < -0.39 is 5.63 Å². The molecule has 0 saturated heterocycles. The zero-order chi connectivity index (χ0) is 23.5. The lowest BCUT2D eigenvalue weighted by Gasteiger charge is -2.07. The Labute approximate surface area is 192 Å². The van der Waals surface area contributed by atoms with E-state index in [-0.39, 0.29) is 11.8 Å². The summed E-state index contributed by atoms with van der Waals surface area (Å²) in [4.78, 5) is 27.7. The SMILES string of the molecule is CCC(=O)OCCCCCCCCCOc1cc2oc(=O)c(-c3ccc(F)cc3)cc2cn1. The van der Waals surface area contributed by atoms with Gasteiger partial charge in [0.05, 0.1) is 18.8 Å². The van der Waals surface area contributed by atoms with Crippen LogP contribution < -0.4 is 10.4 Å². The Morgan fingerprint density at radius 2 is 1.64 bits per heavy atom. The molecule has 0 N–H and O–H groups in total. The minimum Gasteiger partial charge on any atom is -0.478 e. The second-order valence-corrected chi connectivity index (χ2v) is 7.91. The van der Waals surface area contributed by atoms with Crippen molar-refractivity contribution in [2.45, 2.75) is 58.3 Å². The van der Waals surface area contributed by atoms with Crippen molar-refractivity contribution < 1.29 is 23.1 Å². The molecule has 0 bridgehead atoms. The van der Waals surface area contributed by atoms with Crippen LogP contribution in [0.15, 0.2) is 51.8 Å². The molecule has 33 heavy (non-hydrogen) atoms. The van der Waals surface area contributed by atoms with Crippen LogP contribution in [0.5, 0.6) is 5.88 Å². The Kier molecular flexibility index (Phi) is 9.42. The van der Waals surface area contributed by atoms with E-state index in [4.69, 9.17) is 13.9 Å². The van der Waals surface area contributed by atoms with Gasteiger partial charge < -0.3 is 13.9 Å². The van der Waals surface area contributed by atoms with Crippen molar-refractivity contribution in [1.82, 2.24) is 4.98 Å². The Hall–Kier alpha value is -3.22. The van der Waals surface area contributed by atoms with Crippen molar-refractivity contribution in [1.29, 1.82) is 0 Å². The zero-order valence-corrected chi connectivity index (χ0v) is 19.0. The van der Waals surface area contributed by atoms with Gasteiger partial charge in [0.25, 0.3) is 0 Å². The van der Waals surface area contributed by atoms with Crippen LogP contribution in [0.2, 0.25) is 0 Å². The number of aromatic nitrogens is 1. The predicted octanol–water partition coefficient (Wildman–Crippen LogP) is 6.06. The summed E-state index contributed by atoms with van der Waals surface area (Å²) in [6, 6.07) is 9.02. The maximum atomic E-state index is 13.1. The number of hydrogen-bond acceptors (Lipinski definition) is 6. The van der Waals surface area contributed by atoms with Crippen molar-refractivity contribution >= 4 is 16.9 Å². The van der Waals surface area contributed by atoms with Gasteiger partial charge in [-0.3, -0.25) is 4.79 Å². The highest BCUT2D eigenvalue weighted by Gasteiger charge is 2.10. The first-order valence-corrected chi connectivity index (χ1v) is 11.5. The monoisotopic (exact) mass is 455 g/mol. The van der Waals surface area contributed by atoms with E-state index in [0.717, 1.165) is 44.9 Å². The molecular weight excluding hydrogens is 425 g/mol. The van der Waals surface area contributed by atoms with Gasteiger partial charge in [-0.15, -0.1) is 0 Å². The lowest BCUT2D eigenvalue weighted by atomic mass is 10.1. The summed E-state index contributed by atoms with van der Waals surface area (Å²) in [6.45, 7) is 2.86. The van der Waals surface area contributed by atoms with Crippen LogP contribution in [0.25, 0.3) is 22.1 Å². The van der Waals surface area contributed by atoms with Gasteiger partial charge in [0.2, 0.25) is 5.88 Å². The number of pyridine rings is 1. The van der Waals surface area contributed by atoms with E-state index in [9.17, 15) is 14.0 Å². The number of benzene rings is 1. The maximum Gasteiger partial charge on any atom is 0.344 e. The molecule has 0 radical (unpaired) electrons. The standard InChI is InChI=1S/C26H30FNO5/c1-2-25(29)32-15-9-7-5-3-4-6-8-14-31-24-17-23-20(18-28-24)16-22(26(30)33-23)19-10-12-21(27)13-11-19/h10-13,16-18H,2-9,14-15H2,1H3. The molecular formula is C26H30FNO5. The Morgan fingerprint density at radius 3 is 2.33 bits per heavy atom. The second kappa shape index (κ2) is 12.7. The Balaban J connectivity index is 1.38. The van der Waals surface area contributed by atoms with Crippen molar-refractivity contribution in [2.24, 2.45) is 0 Å². The molecule has 0 unspecified atom stereocenters. The minimum absolute atomic E-state index is 0.132. The number of carbonyl (C=O) groups is 1. The van der Waals surface area contributed by atoms with Crippen LogP contribution in [0, 0.1) is 5.82 Å². The average molecular weight is 456 g/mol. The number of hydrogen-bond donors (Lipinski definition) is 0. The van der Waals surface area contributed by atoms with Crippen LogP contribution in [0.3, 0.4) is 0 Å². The van der Waals surface area contributed by atoms with Gasteiger partial charge in [0.15, 0.2) is 0 Å². The van der Waals surface area contributed by atoms with Gasteiger partial charge in [-0.05, 0) is 36.6 Å². The topological polar surface area (TPSA) is 78.6 Å². The number of nitrogens with zero attached hydrogens (tertiary/aromatic N) is 1. The van der Waals surface area contributed by atoms with Crippen LogP contribution >= 0.6 is 0 Å². The first-order valence-electron chi connectivity index (χ1n) is 11.5. The number of ether oxygens (including phenoxy) is 2. The van der Waals surface area contributed by atoms with Crippen molar-refractivity contribution in [2.75, 3.05) is 13.2 Å². The highest BCUT2D eigenvalue weighted by atomic mass is 19.1. The number of fused-ring (bicyclic) bond motifs is 1. The van der Waals surface area contributed by atoms with Gasteiger partial charge in [0, 0.05) is 24.1 Å². The first-order chi connectivity index (χ1) is 16.1. The third-order valence-electron chi connectivity index (χ3n) is 5.34. The van der Waals surface area contributed by atoms with Gasteiger partial charge in [-0.1, -0.05) is 51.2 Å². The normalized spacial score (nSPS) is 11.0. The van der Waals surface area contributed by atoms with Gasteiger partial charge in [-0.25, -0.2) is 14.2 Å². The minimum atomic E-state index is -0.491. The fraction of sp³-hybridized carbons (Fsp3) is 0.423. The highest BCUT2D eigenvalue weighted by Crippen LogP contribution is 2.23. The van der Waals surface area contributed by atoms with Crippen LogP contribution in [-0.2, 0) is 9.53 Å². The molecule has 1 aromatic carbocycles. The summed E-state index contributed by atoms with van der Waals surface area (Å²) in [5.74, 6) is -0.0753. The van der Waals surface area contributed by atoms with Gasteiger partial charge in [0.1, 0.15) is 11.4 Å². The molecule has 0 fully saturated rings. The van der Waals surface area contributed by atoms with Crippen molar-refractivity contribution in [3.05, 3.63) is 58.8 Å². The number of esters is 1. The highest BCUT2D eigenvalue weighted by molar-refractivity contribution is 5.81. The third-order valence-corrected chi connectivity index (χ3v) is 5.34. The average Bonchev–Trinajstić information content (AvgIpc) is 2.82. The number of halogens is 1. The van der Waals surface area contributed by atoms with E-state index in [1.54, 1.807) is 37.4 Å². The van der Waals surface area contributed by atoms with Crippen LogP contribution in [0.4, 0.5) is 4.39 Å². The lowest BCUT2D eigenvalue weighted by molar-refractivity contribution is -0.143. The molecule has 3 rings (SSSR count). The Morgan fingerprint density at radius 1 is 0.970 bits per heavy atom. The van der Waals surface area contributed by atoms with Crippen molar-refractivity contribution in [3.8, 4) is 17.0 Å². The van der Waals surface area contributed by atoms with E-state index in [1.165, 1.54) is 12.1 Å². The molecule has 0 aliphatic carbocycles. The zero-order valence-electron chi connectivity index (χ0n) is 19.0. The maximum absolute atomic E-state index is 13.1. The summed E-state index contributed by atoms with van der Waals surface area (Å²) < 4.78 is 29.3. The summed E-state index contributed by atoms with van der Waals surface area (Å²) in [5, 5.41) is 0.672. The number of rotatable bonds is 13. The molecule has 0 spiro atoms. The van der Waals surface area contributed by atoms with Crippen LogP contribution in [0.1, 0.15) is 58.3 Å².